The Hall–Kier alpha value is -2.50. The van der Waals surface area contributed by atoms with E-state index in [1.807, 2.05) is 29.2 Å². The molecule has 1 fully saturated rings. The molecule has 6 heteroatoms. The quantitative estimate of drug-likeness (QED) is 0.948. The number of ether oxygens (including phenoxy) is 1. The van der Waals surface area contributed by atoms with Gasteiger partial charge in [0.15, 0.2) is 0 Å². The molecule has 3 rings (SSSR count). The van der Waals surface area contributed by atoms with Crippen molar-refractivity contribution in [3.05, 3.63) is 42.1 Å². The second kappa shape index (κ2) is 6.09. The van der Waals surface area contributed by atoms with E-state index in [0.29, 0.717) is 5.82 Å². The lowest BCUT2D eigenvalue weighted by atomic mass is 10.0. The summed E-state index contributed by atoms with van der Waals surface area (Å²) < 4.78 is 7.08. The van der Waals surface area contributed by atoms with Crippen molar-refractivity contribution >= 4 is 11.8 Å². The first-order valence-corrected chi connectivity index (χ1v) is 7.39. The van der Waals surface area contributed by atoms with Gasteiger partial charge in [0.05, 0.1) is 19.3 Å². The molecule has 1 aromatic heterocycles. The minimum atomic E-state index is -0.1000. The fourth-order valence-electron chi connectivity index (χ4n) is 2.95. The maximum absolute atomic E-state index is 12.6. The summed E-state index contributed by atoms with van der Waals surface area (Å²) >= 11 is 0. The number of methoxy groups -OCH3 is 1. The number of hydrogen-bond donors (Lipinski definition) is 1. The molecule has 2 aromatic rings. The fourth-order valence-corrected chi connectivity index (χ4v) is 2.95. The molecule has 1 unspecified atom stereocenters. The van der Waals surface area contributed by atoms with Crippen LogP contribution in [0, 0.1) is 0 Å². The van der Waals surface area contributed by atoms with Gasteiger partial charge in [-0.1, -0.05) is 18.2 Å². The summed E-state index contributed by atoms with van der Waals surface area (Å²) in [6.07, 6.45) is 3.60. The van der Waals surface area contributed by atoms with Crippen LogP contribution in [-0.4, -0.2) is 34.4 Å². The Morgan fingerprint density at radius 3 is 2.91 bits per heavy atom. The number of aromatic nitrogens is 2. The smallest absolute Gasteiger partial charge is 0.323 e. The molecule has 0 bridgehead atoms. The van der Waals surface area contributed by atoms with Crippen molar-refractivity contribution in [2.75, 3.05) is 19.0 Å². The predicted molar refractivity (Wildman–Crippen MR) is 83.9 cm³/mol. The maximum atomic E-state index is 12.6. The zero-order chi connectivity index (χ0) is 15.5. The summed E-state index contributed by atoms with van der Waals surface area (Å²) in [5.41, 5.74) is 1.06. The zero-order valence-electron chi connectivity index (χ0n) is 12.8. The number of nitrogens with one attached hydrogen (secondary N) is 1. The number of benzene rings is 1. The molecular weight excluding hydrogens is 280 g/mol. The second-order valence-electron chi connectivity index (χ2n) is 5.36. The molecular formula is C16H20N4O2. The minimum Gasteiger partial charge on any atom is -0.496 e. The molecule has 1 atom stereocenters. The van der Waals surface area contributed by atoms with Crippen LogP contribution in [-0.2, 0) is 7.05 Å². The van der Waals surface area contributed by atoms with Gasteiger partial charge in [0.25, 0.3) is 0 Å². The SMILES string of the molecule is COc1ccccc1C1CCCN1C(=O)Nc1ccnn1C. The normalized spacial score (nSPS) is 17.5. The van der Waals surface area contributed by atoms with Gasteiger partial charge in [-0.3, -0.25) is 10.00 Å². The lowest BCUT2D eigenvalue weighted by Crippen LogP contribution is -2.35. The van der Waals surface area contributed by atoms with Crippen LogP contribution in [0.2, 0.25) is 0 Å². The molecule has 22 heavy (non-hydrogen) atoms. The highest BCUT2D eigenvalue weighted by molar-refractivity contribution is 5.89. The zero-order valence-corrected chi connectivity index (χ0v) is 12.8. The molecule has 1 aromatic carbocycles. The molecule has 0 radical (unpaired) electrons. The Balaban J connectivity index is 1.81. The number of para-hydroxylation sites is 1. The van der Waals surface area contributed by atoms with Crippen LogP contribution in [0.15, 0.2) is 36.5 Å². The predicted octanol–water partition coefficient (Wildman–Crippen LogP) is 2.80. The Kier molecular flexibility index (Phi) is 4.00. The summed E-state index contributed by atoms with van der Waals surface area (Å²) in [4.78, 5) is 14.4. The largest absolute Gasteiger partial charge is 0.496 e. The average molecular weight is 300 g/mol. The average Bonchev–Trinajstić information content (AvgIpc) is 3.17. The van der Waals surface area contributed by atoms with Crippen LogP contribution in [0.1, 0.15) is 24.4 Å². The van der Waals surface area contributed by atoms with E-state index in [9.17, 15) is 4.79 Å². The molecule has 0 saturated carbocycles. The third-order valence-corrected chi connectivity index (χ3v) is 4.07. The summed E-state index contributed by atoms with van der Waals surface area (Å²) in [5, 5.41) is 6.98. The third-order valence-electron chi connectivity index (χ3n) is 4.07. The van der Waals surface area contributed by atoms with E-state index in [1.165, 1.54) is 0 Å². The van der Waals surface area contributed by atoms with Crippen molar-refractivity contribution in [3.63, 3.8) is 0 Å². The van der Waals surface area contributed by atoms with E-state index in [4.69, 9.17) is 4.74 Å². The Bertz CT molecular complexity index is 668. The van der Waals surface area contributed by atoms with E-state index in [-0.39, 0.29) is 12.1 Å². The van der Waals surface area contributed by atoms with Gasteiger partial charge < -0.3 is 9.64 Å². The molecule has 1 aliphatic rings. The standard InChI is InChI=1S/C16H20N4O2/c1-19-15(9-10-17-19)18-16(21)20-11-5-7-13(20)12-6-3-4-8-14(12)22-2/h3-4,6,8-10,13H,5,7,11H2,1-2H3,(H,18,21). The molecule has 2 heterocycles. The summed E-state index contributed by atoms with van der Waals surface area (Å²) in [5.74, 6) is 1.52. The number of nitrogens with zero attached hydrogens (tertiary/aromatic N) is 3. The molecule has 0 aliphatic carbocycles. The maximum Gasteiger partial charge on any atom is 0.323 e. The van der Waals surface area contributed by atoms with Gasteiger partial charge in [-0.15, -0.1) is 0 Å². The van der Waals surface area contributed by atoms with Gasteiger partial charge in [-0.2, -0.15) is 5.10 Å². The van der Waals surface area contributed by atoms with Crippen molar-refractivity contribution in [1.29, 1.82) is 0 Å². The topological polar surface area (TPSA) is 59.4 Å². The number of aryl methyl sites for hydroxylation is 1. The third kappa shape index (κ3) is 2.64. The van der Waals surface area contributed by atoms with Crippen molar-refractivity contribution in [3.8, 4) is 5.75 Å². The van der Waals surface area contributed by atoms with E-state index < -0.39 is 0 Å². The van der Waals surface area contributed by atoms with Crippen molar-refractivity contribution in [2.45, 2.75) is 18.9 Å². The number of rotatable bonds is 3. The summed E-state index contributed by atoms with van der Waals surface area (Å²) in [6.45, 7) is 0.742. The molecule has 6 nitrogen and oxygen atoms in total. The second-order valence-corrected chi connectivity index (χ2v) is 5.36. The molecule has 1 aliphatic heterocycles. The van der Waals surface area contributed by atoms with Crippen LogP contribution < -0.4 is 10.1 Å². The monoisotopic (exact) mass is 300 g/mol. The minimum absolute atomic E-state index is 0.0457. The van der Waals surface area contributed by atoms with Crippen molar-refractivity contribution in [2.24, 2.45) is 7.05 Å². The van der Waals surface area contributed by atoms with E-state index in [2.05, 4.69) is 10.4 Å². The molecule has 0 spiro atoms. The van der Waals surface area contributed by atoms with E-state index in [1.54, 1.807) is 31.1 Å². The number of carbonyl (C=O) groups excluding carboxylic acids is 1. The Morgan fingerprint density at radius 1 is 1.36 bits per heavy atom. The van der Waals surface area contributed by atoms with Gasteiger partial charge in [0, 0.05) is 25.2 Å². The first-order chi connectivity index (χ1) is 10.7. The number of anilines is 1. The van der Waals surface area contributed by atoms with Gasteiger partial charge in [0.1, 0.15) is 11.6 Å². The molecule has 116 valence electrons. The van der Waals surface area contributed by atoms with Crippen LogP contribution in [0.25, 0.3) is 0 Å². The van der Waals surface area contributed by atoms with Crippen LogP contribution in [0.4, 0.5) is 10.6 Å². The van der Waals surface area contributed by atoms with E-state index >= 15 is 0 Å². The van der Waals surface area contributed by atoms with Gasteiger partial charge in [-0.25, -0.2) is 4.79 Å². The van der Waals surface area contributed by atoms with Gasteiger partial charge in [0.2, 0.25) is 0 Å². The highest BCUT2D eigenvalue weighted by atomic mass is 16.5. The fraction of sp³-hybridized carbons (Fsp3) is 0.375. The van der Waals surface area contributed by atoms with Gasteiger partial charge in [-0.05, 0) is 18.9 Å². The summed E-state index contributed by atoms with van der Waals surface area (Å²) in [6, 6.07) is 9.61. The molecule has 1 saturated heterocycles. The number of likely N-dealkylation sites (tertiary alicyclic amines) is 1. The molecule has 1 N–H and O–H groups in total. The lowest BCUT2D eigenvalue weighted by Gasteiger charge is -2.26. The number of urea groups is 1. The lowest BCUT2D eigenvalue weighted by molar-refractivity contribution is 0.206. The van der Waals surface area contributed by atoms with Crippen LogP contribution in [0.3, 0.4) is 0 Å². The summed E-state index contributed by atoms with van der Waals surface area (Å²) in [7, 11) is 3.46. The number of amides is 2. The van der Waals surface area contributed by atoms with Gasteiger partial charge >= 0.3 is 6.03 Å². The Labute approximate surface area is 129 Å². The highest BCUT2D eigenvalue weighted by Gasteiger charge is 2.32. The number of hydrogen-bond acceptors (Lipinski definition) is 3. The van der Waals surface area contributed by atoms with Crippen molar-refractivity contribution in [1.82, 2.24) is 14.7 Å². The number of carbonyl (C=O) groups is 1. The van der Waals surface area contributed by atoms with Crippen molar-refractivity contribution < 1.29 is 9.53 Å². The highest BCUT2D eigenvalue weighted by Crippen LogP contribution is 2.37. The molecule has 2 amide bonds. The van der Waals surface area contributed by atoms with Crippen LogP contribution in [0.5, 0.6) is 5.75 Å². The van der Waals surface area contributed by atoms with Crippen LogP contribution >= 0.6 is 0 Å². The van der Waals surface area contributed by atoms with E-state index in [0.717, 1.165) is 30.7 Å². The first kappa shape index (κ1) is 14.4. The Morgan fingerprint density at radius 2 is 2.18 bits per heavy atom. The first-order valence-electron chi connectivity index (χ1n) is 7.39.